The van der Waals surface area contributed by atoms with Gasteiger partial charge in [-0.05, 0) is 5.56 Å². The second kappa shape index (κ2) is 4.75. The molecule has 0 saturated heterocycles. The van der Waals surface area contributed by atoms with E-state index < -0.39 is 0 Å². The molecule has 3 heteroatoms. The zero-order valence-corrected chi connectivity index (χ0v) is 8.87. The summed E-state index contributed by atoms with van der Waals surface area (Å²) in [5, 5.41) is 1.84. The molecule has 76 valence electrons. The monoisotopic (exact) mass is 218 g/mol. The van der Waals surface area contributed by atoms with Crippen molar-refractivity contribution in [2.75, 3.05) is 0 Å². The minimum Gasteiger partial charge on any atom is -0.488 e. The Morgan fingerprint density at radius 3 is 2.73 bits per heavy atom. The lowest BCUT2D eigenvalue weighted by molar-refractivity contribution is 0.112. The molecular formula is C12H10O2S. The molecule has 0 atom stereocenters. The van der Waals surface area contributed by atoms with Crippen LogP contribution < -0.4 is 4.74 Å². The number of hydrogen-bond donors (Lipinski definition) is 0. The number of benzene rings is 1. The second-order valence-electron chi connectivity index (χ2n) is 3.08. The van der Waals surface area contributed by atoms with Crippen LogP contribution in [0, 0.1) is 0 Å². The average molecular weight is 218 g/mol. The molecule has 0 aliphatic heterocycles. The molecule has 1 aromatic heterocycles. The summed E-state index contributed by atoms with van der Waals surface area (Å²) in [6, 6.07) is 11.7. The zero-order chi connectivity index (χ0) is 10.5. The van der Waals surface area contributed by atoms with Gasteiger partial charge in [-0.15, -0.1) is 11.3 Å². The molecular weight excluding hydrogens is 208 g/mol. The Labute approximate surface area is 92.1 Å². The first-order valence-electron chi connectivity index (χ1n) is 4.59. The van der Waals surface area contributed by atoms with E-state index in [9.17, 15) is 4.79 Å². The standard InChI is InChI=1S/C12H10O2S/c13-7-12-6-11(9-15-12)14-8-10-4-2-1-3-5-10/h1-7,9H,8H2. The van der Waals surface area contributed by atoms with Crippen molar-refractivity contribution in [1.29, 1.82) is 0 Å². The Kier molecular flexibility index (Phi) is 3.15. The molecule has 2 aromatic rings. The lowest BCUT2D eigenvalue weighted by Crippen LogP contribution is -1.93. The van der Waals surface area contributed by atoms with Gasteiger partial charge in [-0.1, -0.05) is 30.3 Å². The van der Waals surface area contributed by atoms with E-state index in [2.05, 4.69) is 0 Å². The highest BCUT2D eigenvalue weighted by molar-refractivity contribution is 7.11. The maximum atomic E-state index is 10.4. The van der Waals surface area contributed by atoms with Crippen LogP contribution in [-0.2, 0) is 6.61 Å². The van der Waals surface area contributed by atoms with E-state index in [1.165, 1.54) is 11.3 Å². The van der Waals surface area contributed by atoms with Crippen LogP contribution in [-0.4, -0.2) is 6.29 Å². The Hall–Kier alpha value is -1.61. The van der Waals surface area contributed by atoms with Gasteiger partial charge in [0, 0.05) is 11.4 Å². The molecule has 0 spiro atoms. The fourth-order valence-electron chi connectivity index (χ4n) is 1.21. The van der Waals surface area contributed by atoms with Crippen LogP contribution in [0.3, 0.4) is 0 Å². The van der Waals surface area contributed by atoms with Crippen molar-refractivity contribution in [2.24, 2.45) is 0 Å². The maximum absolute atomic E-state index is 10.4. The van der Waals surface area contributed by atoms with E-state index in [1.54, 1.807) is 6.07 Å². The fraction of sp³-hybridized carbons (Fsp3) is 0.0833. The normalized spacial score (nSPS) is 9.87. The first-order valence-corrected chi connectivity index (χ1v) is 5.47. The van der Waals surface area contributed by atoms with Crippen molar-refractivity contribution in [2.45, 2.75) is 6.61 Å². The van der Waals surface area contributed by atoms with E-state index in [4.69, 9.17) is 4.74 Å². The van der Waals surface area contributed by atoms with Crippen molar-refractivity contribution in [3.8, 4) is 5.75 Å². The molecule has 0 saturated carbocycles. The number of ether oxygens (including phenoxy) is 1. The SMILES string of the molecule is O=Cc1cc(OCc2ccccc2)cs1. The summed E-state index contributed by atoms with van der Waals surface area (Å²) in [5.74, 6) is 0.756. The number of rotatable bonds is 4. The summed E-state index contributed by atoms with van der Waals surface area (Å²) in [6.07, 6.45) is 0.833. The summed E-state index contributed by atoms with van der Waals surface area (Å²) in [4.78, 5) is 11.1. The molecule has 0 N–H and O–H groups in total. The molecule has 0 unspecified atom stereocenters. The summed E-state index contributed by atoms with van der Waals surface area (Å²) in [5.41, 5.74) is 1.12. The third kappa shape index (κ3) is 2.67. The van der Waals surface area contributed by atoms with Gasteiger partial charge in [0.05, 0.1) is 4.88 Å². The molecule has 0 radical (unpaired) electrons. The minimum atomic E-state index is 0.538. The van der Waals surface area contributed by atoms with Gasteiger partial charge >= 0.3 is 0 Å². The summed E-state index contributed by atoms with van der Waals surface area (Å²) in [7, 11) is 0. The van der Waals surface area contributed by atoms with E-state index in [1.807, 2.05) is 35.7 Å². The molecule has 1 heterocycles. The van der Waals surface area contributed by atoms with E-state index >= 15 is 0 Å². The van der Waals surface area contributed by atoms with Crippen molar-refractivity contribution in [3.05, 3.63) is 52.2 Å². The van der Waals surface area contributed by atoms with Gasteiger partial charge in [-0.2, -0.15) is 0 Å². The van der Waals surface area contributed by atoms with Crippen LogP contribution in [0.15, 0.2) is 41.8 Å². The van der Waals surface area contributed by atoms with E-state index in [0.29, 0.717) is 11.5 Å². The highest BCUT2D eigenvalue weighted by atomic mass is 32.1. The smallest absolute Gasteiger partial charge is 0.160 e. The van der Waals surface area contributed by atoms with Gasteiger partial charge in [-0.25, -0.2) is 0 Å². The lowest BCUT2D eigenvalue weighted by Gasteiger charge is -2.02. The molecule has 2 nitrogen and oxygen atoms in total. The molecule has 0 fully saturated rings. The quantitative estimate of drug-likeness (QED) is 0.737. The van der Waals surface area contributed by atoms with Gasteiger partial charge in [0.15, 0.2) is 6.29 Å². The lowest BCUT2D eigenvalue weighted by atomic mass is 10.2. The highest BCUT2D eigenvalue weighted by Gasteiger charge is 1.99. The Bertz CT molecular complexity index is 434. The van der Waals surface area contributed by atoms with Crippen LogP contribution >= 0.6 is 11.3 Å². The van der Waals surface area contributed by atoms with Crippen molar-refractivity contribution in [1.82, 2.24) is 0 Å². The molecule has 0 aliphatic carbocycles. The number of aldehydes is 1. The van der Waals surface area contributed by atoms with Gasteiger partial charge in [0.1, 0.15) is 12.4 Å². The Morgan fingerprint density at radius 2 is 2.07 bits per heavy atom. The summed E-state index contributed by atoms with van der Waals surface area (Å²) < 4.78 is 5.53. The first kappa shape index (κ1) is 9.93. The van der Waals surface area contributed by atoms with Gasteiger partial charge < -0.3 is 4.74 Å². The molecule has 1 aromatic carbocycles. The largest absolute Gasteiger partial charge is 0.488 e. The van der Waals surface area contributed by atoms with Crippen LogP contribution in [0.25, 0.3) is 0 Å². The maximum Gasteiger partial charge on any atom is 0.160 e. The molecule has 15 heavy (non-hydrogen) atoms. The number of carbonyl (C=O) groups is 1. The van der Waals surface area contributed by atoms with Crippen molar-refractivity contribution < 1.29 is 9.53 Å². The highest BCUT2D eigenvalue weighted by Crippen LogP contribution is 2.20. The van der Waals surface area contributed by atoms with Gasteiger partial charge in [0.25, 0.3) is 0 Å². The molecule has 0 amide bonds. The molecule has 2 rings (SSSR count). The van der Waals surface area contributed by atoms with Crippen LogP contribution in [0.2, 0.25) is 0 Å². The number of thiophene rings is 1. The number of hydrogen-bond acceptors (Lipinski definition) is 3. The first-order chi connectivity index (χ1) is 7.38. The summed E-state index contributed by atoms with van der Waals surface area (Å²) >= 11 is 1.39. The van der Waals surface area contributed by atoms with Crippen LogP contribution in [0.4, 0.5) is 0 Å². The molecule has 0 aliphatic rings. The third-order valence-corrected chi connectivity index (χ3v) is 2.80. The Morgan fingerprint density at radius 1 is 1.27 bits per heavy atom. The van der Waals surface area contributed by atoms with Gasteiger partial charge in [-0.3, -0.25) is 4.79 Å². The van der Waals surface area contributed by atoms with E-state index in [-0.39, 0.29) is 0 Å². The third-order valence-electron chi connectivity index (χ3n) is 1.96. The zero-order valence-electron chi connectivity index (χ0n) is 8.05. The predicted octanol–water partition coefficient (Wildman–Crippen LogP) is 3.14. The minimum absolute atomic E-state index is 0.538. The predicted molar refractivity (Wildman–Crippen MR) is 60.5 cm³/mol. The van der Waals surface area contributed by atoms with E-state index in [0.717, 1.165) is 17.6 Å². The number of carbonyl (C=O) groups excluding carboxylic acids is 1. The van der Waals surface area contributed by atoms with Crippen LogP contribution in [0.1, 0.15) is 15.2 Å². The van der Waals surface area contributed by atoms with Crippen molar-refractivity contribution in [3.63, 3.8) is 0 Å². The van der Waals surface area contributed by atoms with Crippen LogP contribution in [0.5, 0.6) is 5.75 Å². The molecule has 0 bridgehead atoms. The second-order valence-corrected chi connectivity index (χ2v) is 4.02. The topological polar surface area (TPSA) is 26.3 Å². The van der Waals surface area contributed by atoms with Crippen molar-refractivity contribution >= 4 is 17.6 Å². The average Bonchev–Trinajstić information content (AvgIpc) is 2.76. The Balaban J connectivity index is 1.96. The fourth-order valence-corrected chi connectivity index (χ4v) is 1.84. The van der Waals surface area contributed by atoms with Gasteiger partial charge in [0.2, 0.25) is 0 Å². The summed E-state index contributed by atoms with van der Waals surface area (Å²) in [6.45, 7) is 0.538.